The first kappa shape index (κ1) is 17.7. The minimum Gasteiger partial charge on any atom is -0.461 e. The number of furan rings is 1. The van der Waals surface area contributed by atoms with Crippen molar-refractivity contribution in [3.05, 3.63) is 46.6 Å². The van der Waals surface area contributed by atoms with Crippen LogP contribution in [-0.2, 0) is 4.79 Å². The van der Waals surface area contributed by atoms with Gasteiger partial charge in [-0.15, -0.1) is 10.2 Å². The number of carbonyl (C=O) groups is 1. The van der Waals surface area contributed by atoms with Gasteiger partial charge in [-0.1, -0.05) is 35.0 Å². The number of anilines is 1. The summed E-state index contributed by atoms with van der Waals surface area (Å²) in [6, 6.07) is 8.29. The Morgan fingerprint density at radius 2 is 2.16 bits per heavy atom. The van der Waals surface area contributed by atoms with Gasteiger partial charge in [0.1, 0.15) is 0 Å². The zero-order valence-corrected chi connectivity index (χ0v) is 15.3. The molecule has 0 bridgehead atoms. The standard InChI is InChI=1S/C15H13Cl2N5O2S/c1-8(14(23)19-11-7-9(16)4-5-10(11)17)25-15-21-20-13(22(15)18)12-3-2-6-24-12/h2-8H,18H2,1H3,(H,19,23)/t8-/m1/s1. The molecule has 0 saturated heterocycles. The fourth-order valence-corrected chi connectivity index (χ4v) is 3.08. The maximum absolute atomic E-state index is 12.4. The maximum atomic E-state index is 12.4. The number of nitrogen functional groups attached to an aromatic ring is 1. The molecule has 25 heavy (non-hydrogen) atoms. The van der Waals surface area contributed by atoms with Crippen molar-refractivity contribution in [3.63, 3.8) is 0 Å². The van der Waals surface area contributed by atoms with Crippen LogP contribution in [0.2, 0.25) is 10.0 Å². The van der Waals surface area contributed by atoms with Crippen LogP contribution in [0.3, 0.4) is 0 Å². The number of nitrogens with one attached hydrogen (secondary N) is 1. The molecule has 0 fully saturated rings. The lowest BCUT2D eigenvalue weighted by Crippen LogP contribution is -2.23. The fraction of sp³-hybridized carbons (Fsp3) is 0.133. The van der Waals surface area contributed by atoms with Gasteiger partial charge >= 0.3 is 0 Å². The smallest absolute Gasteiger partial charge is 0.237 e. The fourth-order valence-electron chi connectivity index (χ4n) is 1.97. The second kappa shape index (κ2) is 7.38. The van der Waals surface area contributed by atoms with Gasteiger partial charge < -0.3 is 15.6 Å². The molecule has 1 atom stereocenters. The zero-order valence-electron chi connectivity index (χ0n) is 12.9. The Balaban J connectivity index is 1.71. The molecule has 3 aromatic rings. The van der Waals surface area contributed by atoms with Crippen LogP contribution in [0, 0.1) is 0 Å². The Labute approximate surface area is 157 Å². The lowest BCUT2D eigenvalue weighted by molar-refractivity contribution is -0.115. The van der Waals surface area contributed by atoms with E-state index in [0.717, 1.165) is 11.8 Å². The Bertz CT molecular complexity index is 897. The molecule has 0 aliphatic carbocycles. The molecule has 0 unspecified atom stereocenters. The SMILES string of the molecule is C[C@@H](Sc1nnc(-c2ccco2)n1N)C(=O)Nc1cc(Cl)ccc1Cl. The monoisotopic (exact) mass is 397 g/mol. The van der Waals surface area contributed by atoms with Gasteiger partial charge in [0.25, 0.3) is 0 Å². The van der Waals surface area contributed by atoms with Gasteiger partial charge in [0, 0.05) is 5.02 Å². The summed E-state index contributed by atoms with van der Waals surface area (Å²) in [4.78, 5) is 12.4. The quantitative estimate of drug-likeness (QED) is 0.503. The van der Waals surface area contributed by atoms with Gasteiger partial charge in [0.15, 0.2) is 5.76 Å². The number of nitrogens with zero attached hydrogens (tertiary/aromatic N) is 3. The van der Waals surface area contributed by atoms with E-state index in [-0.39, 0.29) is 5.91 Å². The van der Waals surface area contributed by atoms with E-state index >= 15 is 0 Å². The van der Waals surface area contributed by atoms with Crippen LogP contribution in [0.25, 0.3) is 11.6 Å². The Morgan fingerprint density at radius 3 is 2.88 bits per heavy atom. The summed E-state index contributed by atoms with van der Waals surface area (Å²) in [7, 11) is 0. The van der Waals surface area contributed by atoms with Gasteiger partial charge in [0.2, 0.25) is 16.9 Å². The van der Waals surface area contributed by atoms with E-state index in [1.807, 2.05) is 0 Å². The molecule has 1 amide bonds. The summed E-state index contributed by atoms with van der Waals surface area (Å²) in [6.45, 7) is 1.72. The molecule has 0 saturated carbocycles. The molecule has 1 aromatic carbocycles. The van der Waals surface area contributed by atoms with Gasteiger partial charge in [0.05, 0.1) is 22.2 Å². The third-order valence-corrected chi connectivity index (χ3v) is 4.87. The minimum absolute atomic E-state index is 0.267. The van der Waals surface area contributed by atoms with Crippen LogP contribution in [0.5, 0.6) is 0 Å². The van der Waals surface area contributed by atoms with Crippen LogP contribution in [0.1, 0.15) is 6.92 Å². The molecule has 3 N–H and O–H groups in total. The minimum atomic E-state index is -0.494. The Kier molecular flexibility index (Phi) is 5.22. The number of aromatic nitrogens is 3. The number of hydrogen-bond acceptors (Lipinski definition) is 6. The van der Waals surface area contributed by atoms with E-state index in [0.29, 0.717) is 32.5 Å². The highest BCUT2D eigenvalue weighted by Crippen LogP contribution is 2.28. The first-order valence-electron chi connectivity index (χ1n) is 7.12. The number of benzene rings is 1. The summed E-state index contributed by atoms with van der Waals surface area (Å²) in [5.41, 5.74) is 0.442. The number of halogens is 2. The van der Waals surface area contributed by atoms with E-state index < -0.39 is 5.25 Å². The highest BCUT2D eigenvalue weighted by atomic mass is 35.5. The van der Waals surface area contributed by atoms with Crippen molar-refractivity contribution in [2.75, 3.05) is 11.2 Å². The highest BCUT2D eigenvalue weighted by Gasteiger charge is 2.21. The van der Waals surface area contributed by atoms with Gasteiger partial charge in [-0.2, -0.15) is 0 Å². The van der Waals surface area contributed by atoms with Crippen molar-refractivity contribution in [3.8, 4) is 11.6 Å². The number of rotatable bonds is 5. The molecule has 7 nitrogen and oxygen atoms in total. The van der Waals surface area contributed by atoms with Gasteiger partial charge in [-0.05, 0) is 37.3 Å². The van der Waals surface area contributed by atoms with Crippen LogP contribution in [0.4, 0.5) is 5.69 Å². The van der Waals surface area contributed by atoms with E-state index in [9.17, 15) is 4.79 Å². The van der Waals surface area contributed by atoms with Gasteiger partial charge in [-0.25, -0.2) is 4.68 Å². The van der Waals surface area contributed by atoms with Crippen molar-refractivity contribution in [2.24, 2.45) is 0 Å². The lowest BCUT2D eigenvalue weighted by atomic mass is 10.3. The molecule has 3 rings (SSSR count). The summed E-state index contributed by atoms with van der Waals surface area (Å²) < 4.78 is 6.53. The van der Waals surface area contributed by atoms with Gasteiger partial charge in [-0.3, -0.25) is 4.79 Å². The second-order valence-electron chi connectivity index (χ2n) is 5.03. The topological polar surface area (TPSA) is 99.0 Å². The zero-order chi connectivity index (χ0) is 18.0. The normalized spacial score (nSPS) is 12.1. The van der Waals surface area contributed by atoms with Crippen LogP contribution in [-0.4, -0.2) is 26.0 Å². The average Bonchev–Trinajstić information content (AvgIpc) is 3.21. The molecule has 2 aromatic heterocycles. The first-order valence-corrected chi connectivity index (χ1v) is 8.76. The lowest BCUT2D eigenvalue weighted by Gasteiger charge is -2.12. The average molecular weight is 398 g/mol. The maximum Gasteiger partial charge on any atom is 0.237 e. The predicted octanol–water partition coefficient (Wildman–Crippen LogP) is 3.68. The van der Waals surface area contributed by atoms with Crippen molar-refractivity contribution in [1.82, 2.24) is 14.9 Å². The van der Waals surface area contributed by atoms with Crippen LogP contribution in [0.15, 0.2) is 46.2 Å². The van der Waals surface area contributed by atoms with E-state index in [2.05, 4.69) is 15.5 Å². The number of amides is 1. The van der Waals surface area contributed by atoms with Crippen LogP contribution < -0.4 is 11.2 Å². The van der Waals surface area contributed by atoms with Crippen LogP contribution >= 0.6 is 35.0 Å². The second-order valence-corrected chi connectivity index (χ2v) is 7.18. The summed E-state index contributed by atoms with van der Waals surface area (Å²) >= 11 is 13.1. The summed E-state index contributed by atoms with van der Waals surface area (Å²) in [6.07, 6.45) is 1.52. The van der Waals surface area contributed by atoms with Crippen molar-refractivity contribution in [2.45, 2.75) is 17.3 Å². The molecule has 0 aliphatic heterocycles. The molecule has 0 spiro atoms. The van der Waals surface area contributed by atoms with Crippen molar-refractivity contribution in [1.29, 1.82) is 0 Å². The number of carbonyl (C=O) groups excluding carboxylic acids is 1. The molecular formula is C15H13Cl2N5O2S. The van der Waals surface area contributed by atoms with E-state index in [1.165, 1.54) is 10.9 Å². The first-order chi connectivity index (χ1) is 12.0. The third-order valence-electron chi connectivity index (χ3n) is 3.24. The molecule has 0 radical (unpaired) electrons. The van der Waals surface area contributed by atoms with E-state index in [1.54, 1.807) is 37.3 Å². The summed E-state index contributed by atoms with van der Waals surface area (Å²) in [5.74, 6) is 6.58. The number of thioether (sulfide) groups is 1. The molecule has 130 valence electrons. The van der Waals surface area contributed by atoms with E-state index in [4.69, 9.17) is 33.5 Å². The third kappa shape index (κ3) is 3.92. The van der Waals surface area contributed by atoms with Crippen molar-refractivity contribution < 1.29 is 9.21 Å². The summed E-state index contributed by atoms with van der Waals surface area (Å²) in [5, 5.41) is 11.5. The van der Waals surface area contributed by atoms with Crippen molar-refractivity contribution >= 4 is 46.6 Å². The number of nitrogens with two attached hydrogens (primary N) is 1. The molecule has 0 aliphatic rings. The molecule has 10 heteroatoms. The molecular weight excluding hydrogens is 385 g/mol. The number of hydrogen-bond donors (Lipinski definition) is 2. The largest absolute Gasteiger partial charge is 0.461 e. The Hall–Kier alpha value is -2.16. The molecule has 2 heterocycles. The Morgan fingerprint density at radius 1 is 1.36 bits per heavy atom. The highest BCUT2D eigenvalue weighted by molar-refractivity contribution is 8.00. The predicted molar refractivity (Wildman–Crippen MR) is 98.3 cm³/mol.